The van der Waals surface area contributed by atoms with Crippen LogP contribution in [0.4, 0.5) is 0 Å². The van der Waals surface area contributed by atoms with E-state index < -0.39 is 0 Å². The highest BCUT2D eigenvalue weighted by Gasteiger charge is 2.13. The fraction of sp³-hybridized carbons (Fsp3) is 0.500. The van der Waals surface area contributed by atoms with E-state index in [2.05, 4.69) is 63.7 Å². The first-order chi connectivity index (χ1) is 8.41. The van der Waals surface area contributed by atoms with Crippen LogP contribution < -0.4 is 5.32 Å². The molecular weight excluding hydrogens is 220 g/mol. The number of nitrogens with zero attached hydrogens (tertiary/aromatic N) is 1. The average molecular weight is 244 g/mol. The van der Waals surface area contributed by atoms with Crippen LogP contribution in [0.5, 0.6) is 0 Å². The predicted molar refractivity (Wildman–Crippen MR) is 79.1 cm³/mol. The van der Waals surface area contributed by atoms with Gasteiger partial charge in [-0.05, 0) is 38.0 Å². The molecule has 0 spiro atoms. The highest BCUT2D eigenvalue weighted by atomic mass is 15.0. The molecule has 0 bridgehead atoms. The molecule has 18 heavy (non-hydrogen) atoms. The number of fused-ring (bicyclic) bond motifs is 1. The molecule has 1 N–H and O–H groups in total. The van der Waals surface area contributed by atoms with Gasteiger partial charge in [-0.1, -0.05) is 25.5 Å². The summed E-state index contributed by atoms with van der Waals surface area (Å²) >= 11 is 0. The molecule has 0 saturated heterocycles. The SMILES string of the molecule is Cc1cc(C)c2c(c1)c(C)c(CNC(C)C)n2C. The Morgan fingerprint density at radius 3 is 2.44 bits per heavy atom. The molecule has 0 fully saturated rings. The van der Waals surface area contributed by atoms with Crippen LogP contribution >= 0.6 is 0 Å². The van der Waals surface area contributed by atoms with Crippen LogP contribution in [0, 0.1) is 20.8 Å². The lowest BCUT2D eigenvalue weighted by atomic mass is 10.1. The van der Waals surface area contributed by atoms with Crippen molar-refractivity contribution in [3.05, 3.63) is 34.5 Å². The third-order valence-corrected chi connectivity index (χ3v) is 3.70. The zero-order chi connectivity index (χ0) is 13.4. The van der Waals surface area contributed by atoms with Gasteiger partial charge in [-0.2, -0.15) is 0 Å². The second kappa shape index (κ2) is 4.77. The van der Waals surface area contributed by atoms with E-state index in [-0.39, 0.29) is 0 Å². The smallest absolute Gasteiger partial charge is 0.0512 e. The Kier molecular flexibility index (Phi) is 3.49. The van der Waals surface area contributed by atoms with Crippen molar-refractivity contribution in [1.82, 2.24) is 9.88 Å². The number of rotatable bonds is 3. The maximum Gasteiger partial charge on any atom is 0.0512 e. The zero-order valence-corrected chi connectivity index (χ0v) is 12.4. The summed E-state index contributed by atoms with van der Waals surface area (Å²) in [5, 5.41) is 4.92. The van der Waals surface area contributed by atoms with Crippen molar-refractivity contribution in [1.29, 1.82) is 0 Å². The number of aromatic nitrogens is 1. The Labute approximate surface area is 110 Å². The first-order valence-corrected chi connectivity index (χ1v) is 6.70. The summed E-state index contributed by atoms with van der Waals surface area (Å²) < 4.78 is 2.34. The van der Waals surface area contributed by atoms with E-state index in [0.29, 0.717) is 6.04 Å². The van der Waals surface area contributed by atoms with Crippen LogP contribution in [0.2, 0.25) is 0 Å². The molecule has 0 radical (unpaired) electrons. The summed E-state index contributed by atoms with van der Waals surface area (Å²) in [5.41, 5.74) is 6.89. The Bertz CT molecular complexity index is 577. The number of hydrogen-bond acceptors (Lipinski definition) is 1. The number of benzene rings is 1. The van der Waals surface area contributed by atoms with Crippen molar-refractivity contribution in [2.24, 2.45) is 7.05 Å². The van der Waals surface area contributed by atoms with Crippen LogP contribution in [0.1, 0.15) is 36.2 Å². The molecule has 98 valence electrons. The van der Waals surface area contributed by atoms with Gasteiger partial charge in [0, 0.05) is 30.7 Å². The van der Waals surface area contributed by atoms with Crippen molar-refractivity contribution >= 4 is 10.9 Å². The number of aryl methyl sites for hydroxylation is 4. The normalized spacial score (nSPS) is 11.7. The quantitative estimate of drug-likeness (QED) is 0.873. The highest BCUT2D eigenvalue weighted by molar-refractivity contribution is 5.88. The van der Waals surface area contributed by atoms with Crippen LogP contribution in [-0.2, 0) is 13.6 Å². The summed E-state index contributed by atoms with van der Waals surface area (Å²) in [6.07, 6.45) is 0. The lowest BCUT2D eigenvalue weighted by Crippen LogP contribution is -2.23. The van der Waals surface area contributed by atoms with Gasteiger partial charge < -0.3 is 9.88 Å². The third kappa shape index (κ3) is 2.17. The zero-order valence-electron chi connectivity index (χ0n) is 12.4. The molecule has 0 aliphatic carbocycles. The topological polar surface area (TPSA) is 17.0 Å². The van der Waals surface area contributed by atoms with Crippen molar-refractivity contribution in [3.8, 4) is 0 Å². The van der Waals surface area contributed by atoms with E-state index in [9.17, 15) is 0 Å². The molecule has 2 heteroatoms. The van der Waals surface area contributed by atoms with Crippen LogP contribution in [0.3, 0.4) is 0 Å². The predicted octanol–water partition coefficient (Wildman–Crippen LogP) is 3.60. The molecule has 2 rings (SSSR count). The first kappa shape index (κ1) is 13.2. The van der Waals surface area contributed by atoms with Gasteiger partial charge in [-0.3, -0.25) is 0 Å². The van der Waals surface area contributed by atoms with Crippen LogP contribution in [0.15, 0.2) is 12.1 Å². The van der Waals surface area contributed by atoms with E-state index in [1.54, 1.807) is 0 Å². The summed E-state index contributed by atoms with van der Waals surface area (Å²) in [7, 11) is 2.18. The van der Waals surface area contributed by atoms with Crippen molar-refractivity contribution in [2.75, 3.05) is 0 Å². The molecule has 2 nitrogen and oxygen atoms in total. The Hall–Kier alpha value is -1.28. The average Bonchev–Trinajstić information content (AvgIpc) is 2.49. The molecule has 0 saturated carbocycles. The lowest BCUT2D eigenvalue weighted by Gasteiger charge is -2.10. The second-order valence-corrected chi connectivity index (χ2v) is 5.64. The number of hydrogen-bond donors (Lipinski definition) is 1. The van der Waals surface area contributed by atoms with E-state index in [4.69, 9.17) is 0 Å². The molecule has 2 aromatic rings. The summed E-state index contributed by atoms with van der Waals surface area (Å²) in [6, 6.07) is 5.09. The van der Waals surface area contributed by atoms with Crippen molar-refractivity contribution < 1.29 is 0 Å². The lowest BCUT2D eigenvalue weighted by molar-refractivity contribution is 0.571. The third-order valence-electron chi connectivity index (χ3n) is 3.70. The second-order valence-electron chi connectivity index (χ2n) is 5.64. The van der Waals surface area contributed by atoms with Crippen molar-refractivity contribution in [3.63, 3.8) is 0 Å². The van der Waals surface area contributed by atoms with Crippen LogP contribution in [0.25, 0.3) is 10.9 Å². The summed E-state index contributed by atoms with van der Waals surface area (Å²) in [4.78, 5) is 0. The molecule has 0 amide bonds. The fourth-order valence-electron chi connectivity index (χ4n) is 2.78. The van der Waals surface area contributed by atoms with E-state index in [1.807, 2.05) is 0 Å². The summed E-state index contributed by atoms with van der Waals surface area (Å²) in [5.74, 6) is 0. The molecular formula is C16H24N2. The van der Waals surface area contributed by atoms with Crippen LogP contribution in [-0.4, -0.2) is 10.6 Å². The standard InChI is InChI=1S/C16H24N2/c1-10(2)17-9-15-13(5)14-8-11(3)7-12(4)16(14)18(15)6/h7-8,10,17H,9H2,1-6H3. The summed E-state index contributed by atoms with van der Waals surface area (Å²) in [6.45, 7) is 11.9. The maximum absolute atomic E-state index is 3.52. The largest absolute Gasteiger partial charge is 0.346 e. The first-order valence-electron chi connectivity index (χ1n) is 6.70. The molecule has 0 atom stereocenters. The van der Waals surface area contributed by atoms with Gasteiger partial charge in [0.1, 0.15) is 0 Å². The van der Waals surface area contributed by atoms with E-state index >= 15 is 0 Å². The molecule has 1 aromatic heterocycles. The van der Waals surface area contributed by atoms with Gasteiger partial charge in [-0.15, -0.1) is 0 Å². The van der Waals surface area contributed by atoms with Gasteiger partial charge in [-0.25, -0.2) is 0 Å². The minimum absolute atomic E-state index is 0.519. The molecule has 0 aliphatic rings. The van der Waals surface area contributed by atoms with Gasteiger partial charge >= 0.3 is 0 Å². The van der Waals surface area contributed by atoms with Gasteiger partial charge in [0.2, 0.25) is 0 Å². The highest BCUT2D eigenvalue weighted by Crippen LogP contribution is 2.28. The Morgan fingerprint density at radius 2 is 1.83 bits per heavy atom. The molecule has 0 unspecified atom stereocenters. The van der Waals surface area contributed by atoms with E-state index in [1.165, 1.54) is 33.3 Å². The van der Waals surface area contributed by atoms with Gasteiger partial charge in [0.05, 0.1) is 5.52 Å². The maximum atomic E-state index is 3.52. The number of nitrogens with one attached hydrogen (secondary N) is 1. The fourth-order valence-corrected chi connectivity index (χ4v) is 2.78. The minimum Gasteiger partial charge on any atom is -0.346 e. The van der Waals surface area contributed by atoms with Gasteiger partial charge in [0.25, 0.3) is 0 Å². The van der Waals surface area contributed by atoms with Gasteiger partial charge in [0.15, 0.2) is 0 Å². The van der Waals surface area contributed by atoms with E-state index in [0.717, 1.165) is 6.54 Å². The molecule has 0 aliphatic heterocycles. The Morgan fingerprint density at radius 1 is 1.17 bits per heavy atom. The minimum atomic E-state index is 0.519. The van der Waals surface area contributed by atoms with Crippen molar-refractivity contribution in [2.45, 2.75) is 47.2 Å². The Balaban J connectivity index is 2.58. The monoisotopic (exact) mass is 244 g/mol. The molecule has 1 aromatic carbocycles. The molecule has 1 heterocycles.